The van der Waals surface area contributed by atoms with Gasteiger partial charge < -0.3 is 15.5 Å². The third-order valence-electron chi connectivity index (χ3n) is 5.55. The summed E-state index contributed by atoms with van der Waals surface area (Å²) in [5.74, 6) is 1.17. The van der Waals surface area contributed by atoms with Crippen LogP contribution >= 0.6 is 0 Å². The van der Waals surface area contributed by atoms with Crippen molar-refractivity contribution >= 4 is 28.4 Å². The van der Waals surface area contributed by atoms with Crippen molar-refractivity contribution in [2.75, 3.05) is 23.3 Å². The van der Waals surface area contributed by atoms with E-state index in [1.807, 2.05) is 18.2 Å². The number of anilines is 3. The van der Waals surface area contributed by atoms with E-state index in [1.165, 1.54) is 19.2 Å². The van der Waals surface area contributed by atoms with Crippen molar-refractivity contribution in [1.82, 2.24) is 20.3 Å². The Morgan fingerprint density at radius 2 is 2.11 bits per heavy atom. The summed E-state index contributed by atoms with van der Waals surface area (Å²) in [5, 5.41) is 6.66. The number of aromatic nitrogens is 3. The number of piperazine rings is 1. The minimum Gasteiger partial charge on any atom is -0.351 e. The fourth-order valence-corrected chi connectivity index (χ4v) is 4.04. The molecule has 3 fully saturated rings. The second-order valence-corrected chi connectivity index (χ2v) is 7.31. The molecule has 5 heterocycles. The van der Waals surface area contributed by atoms with Crippen molar-refractivity contribution in [3.63, 3.8) is 0 Å². The van der Waals surface area contributed by atoms with Crippen LogP contribution in [0.3, 0.4) is 0 Å². The largest absolute Gasteiger partial charge is 0.351 e. The molecule has 2 bridgehead atoms. The van der Waals surface area contributed by atoms with Gasteiger partial charge in [-0.3, -0.25) is 0 Å². The number of hydrogen-bond acceptors (Lipinski definition) is 6. The van der Waals surface area contributed by atoms with Crippen LogP contribution in [0.15, 0.2) is 36.7 Å². The van der Waals surface area contributed by atoms with Crippen LogP contribution in [0.4, 0.5) is 21.7 Å². The quantitative estimate of drug-likeness (QED) is 0.744. The molecule has 7 heteroatoms. The normalized spacial score (nSPS) is 21.6. The molecule has 2 N–H and O–H groups in total. The first-order valence-corrected chi connectivity index (χ1v) is 9.33. The zero-order valence-corrected chi connectivity index (χ0v) is 15.1. The number of nitrogens with zero attached hydrogens (tertiary/aromatic N) is 4. The minimum absolute atomic E-state index is 0.278. The van der Waals surface area contributed by atoms with Crippen LogP contribution in [0, 0.1) is 12.7 Å². The van der Waals surface area contributed by atoms with Gasteiger partial charge in [-0.2, -0.15) is 0 Å². The number of nitrogens with one attached hydrogen (secondary N) is 2. The maximum atomic E-state index is 14.4. The predicted molar refractivity (Wildman–Crippen MR) is 104 cm³/mol. The monoisotopic (exact) mass is 364 g/mol. The van der Waals surface area contributed by atoms with Crippen LogP contribution in [0.5, 0.6) is 0 Å². The minimum atomic E-state index is -0.278. The highest BCUT2D eigenvalue weighted by atomic mass is 19.1. The number of halogens is 1. The molecule has 3 aliphatic rings. The third-order valence-corrected chi connectivity index (χ3v) is 5.55. The summed E-state index contributed by atoms with van der Waals surface area (Å²) in [6.07, 6.45) is 3.88. The van der Waals surface area contributed by atoms with Crippen molar-refractivity contribution in [3.05, 3.63) is 48.0 Å². The van der Waals surface area contributed by atoms with Gasteiger partial charge >= 0.3 is 0 Å². The van der Waals surface area contributed by atoms with Crippen LogP contribution < -0.4 is 15.5 Å². The van der Waals surface area contributed by atoms with Crippen molar-refractivity contribution in [2.45, 2.75) is 31.8 Å². The Hall–Kier alpha value is -2.80. The molecular formula is C20H21FN6. The number of fused-ring (bicyclic) bond motifs is 4. The van der Waals surface area contributed by atoms with Gasteiger partial charge in [-0.15, -0.1) is 0 Å². The van der Waals surface area contributed by atoms with Gasteiger partial charge in [0.25, 0.3) is 0 Å². The summed E-state index contributed by atoms with van der Waals surface area (Å²) >= 11 is 0. The fourth-order valence-electron chi connectivity index (χ4n) is 4.04. The van der Waals surface area contributed by atoms with Crippen molar-refractivity contribution < 1.29 is 4.39 Å². The van der Waals surface area contributed by atoms with E-state index >= 15 is 0 Å². The highest BCUT2D eigenvalue weighted by molar-refractivity contribution is 5.88. The lowest BCUT2D eigenvalue weighted by Crippen LogP contribution is -2.61. The predicted octanol–water partition coefficient (Wildman–Crippen LogP) is 3.16. The maximum Gasteiger partial charge on any atom is 0.160 e. The summed E-state index contributed by atoms with van der Waals surface area (Å²) in [5.41, 5.74) is 2.38. The number of pyridine rings is 1. The van der Waals surface area contributed by atoms with Crippen molar-refractivity contribution in [3.8, 4) is 0 Å². The molecule has 0 aliphatic carbocycles. The average Bonchev–Trinajstić information content (AvgIpc) is 2.72. The van der Waals surface area contributed by atoms with Gasteiger partial charge in [-0.05, 0) is 43.5 Å². The molecule has 6 nitrogen and oxygen atoms in total. The van der Waals surface area contributed by atoms with Gasteiger partial charge in [0.05, 0.1) is 11.2 Å². The first-order chi connectivity index (χ1) is 13.2. The van der Waals surface area contributed by atoms with Crippen LogP contribution in [0.25, 0.3) is 11.0 Å². The van der Waals surface area contributed by atoms with Gasteiger partial charge in [0, 0.05) is 25.2 Å². The molecule has 6 rings (SSSR count). The Labute approximate surface area is 156 Å². The first-order valence-electron chi connectivity index (χ1n) is 9.33. The number of hydrogen-bond donors (Lipinski definition) is 2. The molecule has 0 radical (unpaired) electrons. The molecule has 3 saturated heterocycles. The van der Waals surface area contributed by atoms with Gasteiger partial charge in [0.15, 0.2) is 5.82 Å². The maximum absolute atomic E-state index is 14.4. The van der Waals surface area contributed by atoms with E-state index in [1.54, 1.807) is 19.1 Å². The summed E-state index contributed by atoms with van der Waals surface area (Å²) in [7, 11) is 0. The molecule has 3 aromatic rings. The Morgan fingerprint density at radius 1 is 1.19 bits per heavy atom. The summed E-state index contributed by atoms with van der Waals surface area (Å²) < 4.78 is 14.4. The van der Waals surface area contributed by atoms with E-state index in [0.29, 0.717) is 34.7 Å². The second-order valence-electron chi connectivity index (χ2n) is 7.31. The van der Waals surface area contributed by atoms with E-state index in [-0.39, 0.29) is 5.82 Å². The van der Waals surface area contributed by atoms with Crippen molar-refractivity contribution in [2.24, 2.45) is 0 Å². The fraction of sp³-hybridized carbons (Fsp3) is 0.350. The molecular weight excluding hydrogens is 343 g/mol. The third kappa shape index (κ3) is 2.88. The second kappa shape index (κ2) is 6.42. The molecule has 0 saturated carbocycles. The smallest absolute Gasteiger partial charge is 0.160 e. The Morgan fingerprint density at radius 3 is 2.89 bits per heavy atom. The van der Waals surface area contributed by atoms with Crippen LogP contribution in [0.2, 0.25) is 0 Å². The lowest BCUT2D eigenvalue weighted by atomic mass is 9.93. The topological polar surface area (TPSA) is 66.0 Å². The zero-order chi connectivity index (χ0) is 18.4. The molecule has 2 aromatic heterocycles. The van der Waals surface area contributed by atoms with Crippen molar-refractivity contribution in [1.29, 1.82) is 0 Å². The van der Waals surface area contributed by atoms with Gasteiger partial charge in [-0.25, -0.2) is 19.3 Å². The lowest BCUT2D eigenvalue weighted by Gasteiger charge is -2.46. The lowest BCUT2D eigenvalue weighted by molar-refractivity contribution is 0.289. The highest BCUT2D eigenvalue weighted by Crippen LogP contribution is 2.30. The van der Waals surface area contributed by atoms with E-state index < -0.39 is 0 Å². The molecule has 3 aliphatic heterocycles. The molecule has 1 aromatic carbocycles. The Bertz CT molecular complexity index is 999. The molecule has 0 spiro atoms. The van der Waals surface area contributed by atoms with Crippen LogP contribution in [-0.4, -0.2) is 40.1 Å². The highest BCUT2D eigenvalue weighted by Gasteiger charge is 2.34. The summed E-state index contributed by atoms with van der Waals surface area (Å²) in [6.45, 7) is 3.70. The summed E-state index contributed by atoms with van der Waals surface area (Å²) in [6, 6.07) is 10.2. The van der Waals surface area contributed by atoms with E-state index in [0.717, 1.165) is 24.4 Å². The zero-order valence-electron chi connectivity index (χ0n) is 15.1. The summed E-state index contributed by atoms with van der Waals surface area (Å²) in [4.78, 5) is 15.9. The number of piperidine rings is 2. The van der Waals surface area contributed by atoms with Gasteiger partial charge in [0.2, 0.25) is 0 Å². The number of aryl methyl sites for hydroxylation is 1. The average molecular weight is 364 g/mol. The standard InChI is InChI=1S/C20H21FN6/c1-12-3-2-4-15(18(12)21)25-20-19-16(23-11-24-20)7-8-17(26-19)27-10-13-5-6-14(27)9-22-13/h2-4,7-8,11,13-14,22H,5-6,9-10H2,1H3,(H,23,24,25)/t13-,14-/m1/s1. The SMILES string of the molecule is Cc1cccc(Nc2ncnc3ccc(N4C[C@H]5CC[C@@H]4CN5)nc23)c1F. The number of rotatable bonds is 3. The van der Waals surface area contributed by atoms with Crippen LogP contribution in [0.1, 0.15) is 18.4 Å². The first kappa shape index (κ1) is 16.4. The molecule has 2 atom stereocenters. The Kier molecular flexibility index (Phi) is 3.89. The molecule has 27 heavy (non-hydrogen) atoms. The van der Waals surface area contributed by atoms with Crippen LogP contribution in [-0.2, 0) is 0 Å². The Balaban J connectivity index is 1.54. The van der Waals surface area contributed by atoms with Gasteiger partial charge in [-0.1, -0.05) is 12.1 Å². The molecule has 0 unspecified atom stereocenters. The van der Waals surface area contributed by atoms with Gasteiger partial charge in [0.1, 0.15) is 23.5 Å². The molecule has 138 valence electrons. The van der Waals surface area contributed by atoms with E-state index in [2.05, 4.69) is 25.5 Å². The van der Waals surface area contributed by atoms with E-state index in [9.17, 15) is 4.39 Å². The molecule has 0 amide bonds. The number of benzene rings is 1. The van der Waals surface area contributed by atoms with E-state index in [4.69, 9.17) is 4.98 Å².